The van der Waals surface area contributed by atoms with Gasteiger partial charge in [0, 0.05) is 22.8 Å². The number of aliphatic hydroxyl groups excluding tert-OH is 1. The van der Waals surface area contributed by atoms with E-state index >= 15 is 0 Å². The average Bonchev–Trinajstić information content (AvgIpc) is 2.57. The van der Waals surface area contributed by atoms with Crippen LogP contribution in [0.5, 0.6) is 0 Å². The number of hydrogen-bond donors (Lipinski definition) is 1. The molecule has 0 aliphatic carbocycles. The van der Waals surface area contributed by atoms with E-state index < -0.39 is 10.8 Å². The topological polar surface area (TPSA) is 37.3 Å². The summed E-state index contributed by atoms with van der Waals surface area (Å²) in [6, 6.07) is 0. The van der Waals surface area contributed by atoms with Crippen LogP contribution < -0.4 is 0 Å². The summed E-state index contributed by atoms with van der Waals surface area (Å²) in [5.74, 6) is 1.98. The molecular weight excluding hydrogens is 336 g/mol. The summed E-state index contributed by atoms with van der Waals surface area (Å²) in [6.45, 7) is 2.33. The van der Waals surface area contributed by atoms with E-state index in [-0.39, 0.29) is 11.9 Å². The van der Waals surface area contributed by atoms with E-state index in [1.165, 1.54) is 89.9 Å². The first-order valence-corrected chi connectivity index (χ1v) is 13.0. The summed E-state index contributed by atoms with van der Waals surface area (Å²) >= 11 is 1.85. The highest BCUT2D eigenvalue weighted by molar-refractivity contribution is 8.00. The molecule has 0 spiro atoms. The molecule has 0 saturated heterocycles. The predicted molar refractivity (Wildman–Crippen MR) is 113 cm³/mol. The maximum absolute atomic E-state index is 11.3. The molecule has 0 aliphatic rings. The molecule has 1 N–H and O–H groups in total. The van der Waals surface area contributed by atoms with Crippen LogP contribution in [0.1, 0.15) is 96.8 Å². The van der Waals surface area contributed by atoms with Crippen LogP contribution >= 0.6 is 11.8 Å². The molecule has 0 aromatic rings. The number of hydrogen-bond acceptors (Lipinski definition) is 3. The van der Waals surface area contributed by atoms with Crippen LogP contribution in [0.4, 0.5) is 0 Å². The third-order valence-corrected chi connectivity index (χ3v) is 7.30. The highest BCUT2D eigenvalue weighted by atomic mass is 32.2. The lowest BCUT2D eigenvalue weighted by Gasteiger charge is -2.10. The van der Waals surface area contributed by atoms with Gasteiger partial charge in [-0.25, -0.2) is 0 Å². The minimum absolute atomic E-state index is 0.0401. The Morgan fingerprint density at radius 1 is 0.792 bits per heavy atom. The SMILES string of the molecule is CCCCCCCCCCCCCCCCSCC(CO)S(C)=O. The molecule has 2 atom stereocenters. The van der Waals surface area contributed by atoms with Gasteiger partial charge in [0.15, 0.2) is 0 Å². The largest absolute Gasteiger partial charge is 0.395 e. The first-order chi connectivity index (χ1) is 11.7. The Balaban J connectivity index is 3.11. The Morgan fingerprint density at radius 2 is 1.21 bits per heavy atom. The summed E-state index contributed by atoms with van der Waals surface area (Å²) in [7, 11) is -0.892. The van der Waals surface area contributed by atoms with Crippen molar-refractivity contribution in [2.24, 2.45) is 0 Å². The Morgan fingerprint density at radius 3 is 1.58 bits per heavy atom. The van der Waals surface area contributed by atoms with E-state index in [0.717, 1.165) is 11.5 Å². The minimum Gasteiger partial charge on any atom is -0.395 e. The zero-order valence-corrected chi connectivity index (χ0v) is 17.9. The molecule has 0 saturated carbocycles. The van der Waals surface area contributed by atoms with Crippen LogP contribution in [0.2, 0.25) is 0 Å². The summed E-state index contributed by atoms with van der Waals surface area (Å²) in [5.41, 5.74) is 0. The lowest BCUT2D eigenvalue weighted by atomic mass is 10.0. The highest BCUT2D eigenvalue weighted by Crippen LogP contribution is 2.14. The summed E-state index contributed by atoms with van der Waals surface area (Å²) in [5, 5.41) is 9.08. The molecule has 4 heteroatoms. The smallest absolute Gasteiger partial charge is 0.0666 e. The van der Waals surface area contributed by atoms with E-state index in [9.17, 15) is 4.21 Å². The van der Waals surface area contributed by atoms with E-state index in [1.54, 1.807) is 6.26 Å². The second-order valence-corrected chi connectivity index (χ2v) is 9.79. The molecule has 0 heterocycles. The Bertz CT molecular complexity index is 272. The fraction of sp³-hybridized carbons (Fsp3) is 1.00. The maximum atomic E-state index is 11.3. The number of rotatable bonds is 19. The van der Waals surface area contributed by atoms with Gasteiger partial charge in [0.25, 0.3) is 0 Å². The standard InChI is InChI=1S/C20H42O2S2/c1-3-4-5-6-7-8-9-10-11-12-13-14-15-16-17-23-19-20(18-21)24(2)22/h20-21H,3-19H2,1-2H3. The van der Waals surface area contributed by atoms with E-state index in [0.29, 0.717) is 0 Å². The summed E-state index contributed by atoms with van der Waals surface area (Å²) in [6.07, 6.45) is 21.3. The quantitative estimate of drug-likeness (QED) is 0.283. The van der Waals surface area contributed by atoms with E-state index in [4.69, 9.17) is 5.11 Å². The molecule has 24 heavy (non-hydrogen) atoms. The molecule has 0 aromatic heterocycles. The normalized spacial score (nSPS) is 14.0. The van der Waals surface area contributed by atoms with Gasteiger partial charge in [-0.2, -0.15) is 11.8 Å². The van der Waals surface area contributed by atoms with Crippen LogP contribution in [0, 0.1) is 0 Å². The van der Waals surface area contributed by atoms with Crippen LogP contribution in [0.25, 0.3) is 0 Å². The monoisotopic (exact) mass is 378 g/mol. The fourth-order valence-electron chi connectivity index (χ4n) is 2.87. The van der Waals surface area contributed by atoms with Crippen molar-refractivity contribution in [1.82, 2.24) is 0 Å². The van der Waals surface area contributed by atoms with E-state index in [2.05, 4.69) is 6.92 Å². The van der Waals surface area contributed by atoms with Crippen molar-refractivity contribution in [2.45, 2.75) is 102 Å². The van der Waals surface area contributed by atoms with Gasteiger partial charge in [-0.1, -0.05) is 90.4 Å². The maximum Gasteiger partial charge on any atom is 0.0666 e. The summed E-state index contributed by atoms with van der Waals surface area (Å²) < 4.78 is 11.3. The molecular formula is C20H42O2S2. The molecule has 146 valence electrons. The second kappa shape index (κ2) is 19.8. The zero-order valence-electron chi connectivity index (χ0n) is 16.3. The molecule has 0 aliphatic heterocycles. The Hall–Kier alpha value is 0.460. The molecule has 0 rings (SSSR count). The Labute approximate surface area is 158 Å². The lowest BCUT2D eigenvalue weighted by molar-refractivity contribution is 0.299. The first-order valence-electron chi connectivity index (χ1n) is 10.2. The second-order valence-electron chi connectivity index (χ2n) is 6.97. The van der Waals surface area contributed by atoms with Crippen molar-refractivity contribution >= 4 is 22.6 Å². The van der Waals surface area contributed by atoms with Crippen molar-refractivity contribution in [3.8, 4) is 0 Å². The number of aliphatic hydroxyl groups is 1. The Kier molecular flexibility index (Phi) is 20.2. The van der Waals surface area contributed by atoms with Gasteiger partial charge in [-0.15, -0.1) is 0 Å². The molecule has 0 fully saturated rings. The van der Waals surface area contributed by atoms with Crippen LogP contribution in [0.15, 0.2) is 0 Å². The zero-order chi connectivity index (χ0) is 17.9. The lowest BCUT2D eigenvalue weighted by Crippen LogP contribution is -2.21. The summed E-state index contributed by atoms with van der Waals surface area (Å²) in [4.78, 5) is 0. The van der Waals surface area contributed by atoms with Gasteiger partial charge in [0.1, 0.15) is 0 Å². The van der Waals surface area contributed by atoms with Crippen molar-refractivity contribution in [3.05, 3.63) is 0 Å². The predicted octanol–water partition coefficient (Wildman–Crippen LogP) is 5.94. The van der Waals surface area contributed by atoms with Gasteiger partial charge >= 0.3 is 0 Å². The molecule has 0 radical (unpaired) electrons. The third-order valence-electron chi connectivity index (χ3n) is 4.62. The van der Waals surface area contributed by atoms with Crippen molar-refractivity contribution < 1.29 is 9.32 Å². The molecule has 2 nitrogen and oxygen atoms in total. The van der Waals surface area contributed by atoms with Gasteiger partial charge in [-0.05, 0) is 12.2 Å². The van der Waals surface area contributed by atoms with Gasteiger partial charge in [-0.3, -0.25) is 4.21 Å². The van der Waals surface area contributed by atoms with Crippen molar-refractivity contribution in [2.75, 3.05) is 24.4 Å². The van der Waals surface area contributed by atoms with Crippen LogP contribution in [-0.2, 0) is 10.8 Å². The number of thioether (sulfide) groups is 1. The van der Waals surface area contributed by atoms with Gasteiger partial charge < -0.3 is 5.11 Å². The minimum atomic E-state index is -0.892. The van der Waals surface area contributed by atoms with E-state index in [1.807, 2.05) is 11.8 Å². The molecule has 0 bridgehead atoms. The van der Waals surface area contributed by atoms with Crippen molar-refractivity contribution in [1.29, 1.82) is 0 Å². The number of unbranched alkanes of at least 4 members (excludes halogenated alkanes) is 13. The van der Waals surface area contributed by atoms with Crippen LogP contribution in [-0.4, -0.2) is 38.9 Å². The molecule has 2 unspecified atom stereocenters. The molecule has 0 aromatic carbocycles. The third kappa shape index (κ3) is 17.3. The highest BCUT2D eigenvalue weighted by Gasteiger charge is 2.10. The first kappa shape index (κ1) is 24.5. The average molecular weight is 379 g/mol. The van der Waals surface area contributed by atoms with Gasteiger partial charge in [0.2, 0.25) is 0 Å². The van der Waals surface area contributed by atoms with Gasteiger partial charge in [0.05, 0.1) is 11.9 Å². The van der Waals surface area contributed by atoms with Crippen LogP contribution in [0.3, 0.4) is 0 Å². The van der Waals surface area contributed by atoms with Crippen molar-refractivity contribution in [3.63, 3.8) is 0 Å². The fourth-order valence-corrected chi connectivity index (χ4v) is 5.08. The molecule has 0 amide bonds.